The summed E-state index contributed by atoms with van der Waals surface area (Å²) in [5.41, 5.74) is -0.450. The monoisotopic (exact) mass is 453 g/mol. The molecule has 0 aliphatic carbocycles. The number of nitrogens with one attached hydrogen (secondary N) is 1. The number of nitrogens with zero attached hydrogens (tertiary/aromatic N) is 4. The number of likely N-dealkylation sites (N-methyl/N-ethyl adjacent to an activating group) is 1. The summed E-state index contributed by atoms with van der Waals surface area (Å²) >= 11 is 0. The molecule has 1 N–H and O–H groups in total. The van der Waals surface area contributed by atoms with E-state index in [1.807, 2.05) is 45.0 Å². The molecule has 0 saturated heterocycles. The number of amides is 1. The minimum atomic E-state index is -0.874. The third-order valence-electron chi connectivity index (χ3n) is 5.21. The first-order valence-corrected chi connectivity index (χ1v) is 10.7. The molecule has 0 unspecified atom stereocenters. The molecule has 9 heteroatoms. The molecule has 0 aliphatic heterocycles. The molecule has 2 aromatic carbocycles. The number of hydrogen-bond acceptors (Lipinski definition) is 5. The molecule has 0 spiro atoms. The summed E-state index contributed by atoms with van der Waals surface area (Å²) in [6.45, 7) is 4.62. The lowest BCUT2D eigenvalue weighted by atomic mass is 10.0. The molecule has 8 nitrogen and oxygen atoms in total. The first kappa shape index (κ1) is 24.1. The van der Waals surface area contributed by atoms with Crippen molar-refractivity contribution >= 4 is 5.91 Å². The van der Waals surface area contributed by atoms with E-state index >= 15 is 0 Å². The van der Waals surface area contributed by atoms with Crippen LogP contribution in [0.1, 0.15) is 41.4 Å². The lowest BCUT2D eigenvalue weighted by Gasteiger charge is -2.14. The van der Waals surface area contributed by atoms with Crippen molar-refractivity contribution < 1.29 is 9.18 Å². The molecule has 1 heterocycles. The quantitative estimate of drug-likeness (QED) is 0.564. The largest absolute Gasteiger partial charge is 0.352 e. The fraction of sp³-hybridized carbons (Fsp3) is 0.333. The van der Waals surface area contributed by atoms with E-state index in [0.717, 1.165) is 14.8 Å². The Morgan fingerprint density at radius 3 is 2.36 bits per heavy atom. The minimum Gasteiger partial charge on any atom is -0.349 e. The fourth-order valence-electron chi connectivity index (χ4n) is 3.24. The molecule has 0 radical (unpaired) electrons. The third-order valence-corrected chi connectivity index (χ3v) is 5.21. The maximum atomic E-state index is 14.3. The molecule has 0 saturated carbocycles. The van der Waals surface area contributed by atoms with E-state index in [1.54, 1.807) is 18.2 Å². The van der Waals surface area contributed by atoms with Gasteiger partial charge in [0.25, 0.3) is 11.5 Å². The number of carbonyl (C=O) groups is 1. The molecule has 0 fully saturated rings. The predicted octanol–water partition coefficient (Wildman–Crippen LogP) is 2.00. The summed E-state index contributed by atoms with van der Waals surface area (Å²) in [4.78, 5) is 40.9. The molecular weight excluding hydrogens is 425 g/mol. The summed E-state index contributed by atoms with van der Waals surface area (Å²) < 4.78 is 16.1. The zero-order valence-electron chi connectivity index (χ0n) is 19.2. The number of benzene rings is 2. The number of carbonyl (C=O) groups excluding carboxylic acids is 1. The first-order chi connectivity index (χ1) is 15.7. The van der Waals surface area contributed by atoms with Crippen molar-refractivity contribution in [2.45, 2.75) is 26.3 Å². The first-order valence-electron chi connectivity index (χ1n) is 10.7. The zero-order valence-corrected chi connectivity index (χ0v) is 19.2. The van der Waals surface area contributed by atoms with Crippen molar-refractivity contribution in [1.82, 2.24) is 24.6 Å². The van der Waals surface area contributed by atoms with Crippen LogP contribution in [0.15, 0.2) is 58.1 Å². The van der Waals surface area contributed by atoms with Gasteiger partial charge < -0.3 is 10.2 Å². The molecule has 174 valence electrons. The van der Waals surface area contributed by atoms with E-state index in [0.29, 0.717) is 18.8 Å². The summed E-state index contributed by atoms with van der Waals surface area (Å²) in [5, 5.41) is 6.74. The third kappa shape index (κ3) is 5.61. The molecule has 0 aliphatic rings. The Labute approximate surface area is 191 Å². The van der Waals surface area contributed by atoms with Gasteiger partial charge >= 0.3 is 5.69 Å². The van der Waals surface area contributed by atoms with Gasteiger partial charge in [-0.2, -0.15) is 9.78 Å². The average Bonchev–Trinajstić information content (AvgIpc) is 2.77. The maximum Gasteiger partial charge on any atom is 0.352 e. The van der Waals surface area contributed by atoms with Crippen molar-refractivity contribution in [3.05, 3.63) is 92.0 Å². The van der Waals surface area contributed by atoms with Gasteiger partial charge in [0.2, 0.25) is 5.69 Å². The normalized spacial score (nSPS) is 11.2. The van der Waals surface area contributed by atoms with Crippen LogP contribution in [-0.2, 0) is 6.54 Å². The highest BCUT2D eigenvalue weighted by atomic mass is 19.1. The Hall–Kier alpha value is -3.59. The predicted molar refractivity (Wildman–Crippen MR) is 125 cm³/mol. The average molecular weight is 454 g/mol. The molecular formula is C24H28FN5O3. The van der Waals surface area contributed by atoms with Gasteiger partial charge in [-0.15, -0.1) is 0 Å². The van der Waals surface area contributed by atoms with Crippen LogP contribution < -0.4 is 16.6 Å². The molecule has 3 aromatic rings. The number of hydrogen-bond donors (Lipinski definition) is 1. The van der Waals surface area contributed by atoms with Crippen molar-refractivity contribution in [2.24, 2.45) is 0 Å². The van der Waals surface area contributed by atoms with Crippen LogP contribution in [0.5, 0.6) is 0 Å². The molecule has 0 bridgehead atoms. The molecule has 3 rings (SSSR count). The minimum absolute atomic E-state index is 0.156. The van der Waals surface area contributed by atoms with Crippen molar-refractivity contribution in [2.75, 3.05) is 27.2 Å². The van der Waals surface area contributed by atoms with E-state index in [2.05, 4.69) is 10.4 Å². The topological polar surface area (TPSA) is 89.2 Å². The second-order valence-electron chi connectivity index (χ2n) is 8.33. The second kappa shape index (κ2) is 10.4. The maximum absolute atomic E-state index is 14.3. The van der Waals surface area contributed by atoms with Crippen LogP contribution >= 0.6 is 0 Å². The Bertz CT molecular complexity index is 1250. The Morgan fingerprint density at radius 1 is 1.09 bits per heavy atom. The van der Waals surface area contributed by atoms with Gasteiger partial charge in [0.15, 0.2) is 0 Å². The van der Waals surface area contributed by atoms with Gasteiger partial charge in [-0.05, 0) is 43.8 Å². The van der Waals surface area contributed by atoms with Crippen LogP contribution in [-0.4, -0.2) is 52.3 Å². The number of aromatic nitrogens is 3. The lowest BCUT2D eigenvalue weighted by Crippen LogP contribution is -2.46. The van der Waals surface area contributed by atoms with Crippen molar-refractivity contribution in [3.63, 3.8) is 0 Å². The SMILES string of the molecule is CC(C)c1ccc(-n2nc(C(=O)NCCN(C)C)c(=O)n(Cc3ccccc3F)c2=O)cc1. The smallest absolute Gasteiger partial charge is 0.349 e. The van der Waals surface area contributed by atoms with Gasteiger partial charge in [0.1, 0.15) is 5.82 Å². The lowest BCUT2D eigenvalue weighted by molar-refractivity contribution is 0.0941. The highest BCUT2D eigenvalue weighted by Gasteiger charge is 2.21. The van der Waals surface area contributed by atoms with Gasteiger partial charge in [0, 0.05) is 18.7 Å². The number of rotatable bonds is 8. The summed E-state index contributed by atoms with van der Waals surface area (Å²) in [5.74, 6) is -0.959. The summed E-state index contributed by atoms with van der Waals surface area (Å²) in [6, 6.07) is 13.0. The standard InChI is InChI=1S/C24H28FN5O3/c1-16(2)17-9-11-19(12-10-17)30-24(33)29(15-18-7-5-6-8-20(18)25)23(32)21(27-30)22(31)26-13-14-28(3)4/h5-12,16H,13-15H2,1-4H3,(H,26,31). The highest BCUT2D eigenvalue weighted by molar-refractivity contribution is 5.91. The van der Waals surface area contributed by atoms with Gasteiger partial charge in [-0.25, -0.2) is 9.18 Å². The van der Waals surface area contributed by atoms with Crippen molar-refractivity contribution in [3.8, 4) is 5.69 Å². The van der Waals surface area contributed by atoms with Crippen LogP contribution in [0, 0.1) is 5.82 Å². The van der Waals surface area contributed by atoms with Gasteiger partial charge in [-0.3, -0.25) is 14.2 Å². The molecule has 1 amide bonds. The molecule has 1 aromatic heterocycles. The van der Waals surface area contributed by atoms with E-state index in [-0.39, 0.29) is 18.0 Å². The van der Waals surface area contributed by atoms with Gasteiger partial charge in [-0.1, -0.05) is 44.2 Å². The Balaban J connectivity index is 2.12. The summed E-state index contributed by atoms with van der Waals surface area (Å²) in [6.07, 6.45) is 0. The van der Waals surface area contributed by atoms with E-state index < -0.39 is 28.7 Å². The second-order valence-corrected chi connectivity index (χ2v) is 8.33. The fourth-order valence-corrected chi connectivity index (χ4v) is 3.24. The summed E-state index contributed by atoms with van der Waals surface area (Å²) in [7, 11) is 3.71. The van der Waals surface area contributed by atoms with E-state index in [9.17, 15) is 18.8 Å². The van der Waals surface area contributed by atoms with Crippen LogP contribution in [0.4, 0.5) is 4.39 Å². The van der Waals surface area contributed by atoms with Crippen molar-refractivity contribution in [1.29, 1.82) is 0 Å². The van der Waals surface area contributed by atoms with Crippen LogP contribution in [0.25, 0.3) is 5.69 Å². The number of halogens is 1. The highest BCUT2D eigenvalue weighted by Crippen LogP contribution is 2.15. The van der Waals surface area contributed by atoms with E-state index in [1.165, 1.54) is 18.2 Å². The van der Waals surface area contributed by atoms with Crippen LogP contribution in [0.3, 0.4) is 0 Å². The van der Waals surface area contributed by atoms with Crippen LogP contribution in [0.2, 0.25) is 0 Å². The Kier molecular flexibility index (Phi) is 7.55. The van der Waals surface area contributed by atoms with Gasteiger partial charge in [0.05, 0.1) is 12.2 Å². The Morgan fingerprint density at radius 2 is 1.76 bits per heavy atom. The molecule has 33 heavy (non-hydrogen) atoms. The molecule has 0 atom stereocenters. The zero-order chi connectivity index (χ0) is 24.1. The van der Waals surface area contributed by atoms with E-state index in [4.69, 9.17) is 0 Å².